The van der Waals surface area contributed by atoms with Crippen molar-refractivity contribution in [2.24, 2.45) is 0 Å². The first-order valence-corrected chi connectivity index (χ1v) is 12.9. The summed E-state index contributed by atoms with van der Waals surface area (Å²) in [6, 6.07) is 19.9. The molecular formula is C28H26FN3O3S. The number of hydrogen-bond acceptors (Lipinski definition) is 5. The van der Waals surface area contributed by atoms with E-state index in [-0.39, 0.29) is 36.3 Å². The van der Waals surface area contributed by atoms with Gasteiger partial charge in [0, 0.05) is 23.0 Å². The van der Waals surface area contributed by atoms with Crippen LogP contribution in [-0.2, 0) is 6.61 Å². The Bertz CT molecular complexity index is 1380. The normalized spacial score (nSPS) is 17.5. The Hall–Kier alpha value is -3.78. The summed E-state index contributed by atoms with van der Waals surface area (Å²) >= 11 is 1.30. The number of rotatable bonds is 7. The van der Waals surface area contributed by atoms with E-state index in [1.807, 2.05) is 42.5 Å². The quantitative estimate of drug-likeness (QED) is 0.350. The van der Waals surface area contributed by atoms with Crippen molar-refractivity contribution < 1.29 is 18.7 Å². The van der Waals surface area contributed by atoms with E-state index in [1.165, 1.54) is 17.4 Å². The first-order chi connectivity index (χ1) is 17.6. The Kier molecular flexibility index (Phi) is 7.23. The summed E-state index contributed by atoms with van der Waals surface area (Å²) < 4.78 is 19.2. The average molecular weight is 504 g/mol. The van der Waals surface area contributed by atoms with Gasteiger partial charge in [0.25, 0.3) is 11.8 Å². The van der Waals surface area contributed by atoms with Crippen LogP contribution in [0.1, 0.15) is 51.5 Å². The molecule has 0 radical (unpaired) electrons. The fraction of sp³-hybridized carbons (Fsp3) is 0.250. The highest BCUT2D eigenvalue weighted by Gasteiger charge is 2.25. The van der Waals surface area contributed by atoms with Gasteiger partial charge in [-0.2, -0.15) is 0 Å². The highest BCUT2D eigenvalue weighted by molar-refractivity contribution is 7.09. The molecule has 1 fully saturated rings. The molecule has 184 valence electrons. The molecule has 36 heavy (non-hydrogen) atoms. The molecule has 1 aliphatic carbocycles. The molecule has 3 aromatic carbocycles. The van der Waals surface area contributed by atoms with Crippen LogP contribution >= 0.6 is 11.3 Å². The average Bonchev–Trinajstić information content (AvgIpc) is 3.38. The van der Waals surface area contributed by atoms with Gasteiger partial charge in [0.05, 0.1) is 0 Å². The number of ether oxygens (including phenoxy) is 1. The minimum atomic E-state index is -0.434. The molecular weight excluding hydrogens is 477 g/mol. The van der Waals surface area contributed by atoms with E-state index >= 15 is 0 Å². The van der Waals surface area contributed by atoms with Crippen molar-refractivity contribution >= 4 is 33.9 Å². The molecule has 0 bridgehead atoms. The van der Waals surface area contributed by atoms with Crippen LogP contribution in [0.3, 0.4) is 0 Å². The van der Waals surface area contributed by atoms with Crippen LogP contribution in [0.5, 0.6) is 5.75 Å². The summed E-state index contributed by atoms with van der Waals surface area (Å²) in [6.45, 7) is 0.0976. The lowest BCUT2D eigenvalue weighted by molar-refractivity contribution is 0.0890. The zero-order valence-corrected chi connectivity index (χ0v) is 20.4. The van der Waals surface area contributed by atoms with E-state index in [4.69, 9.17) is 4.74 Å². The summed E-state index contributed by atoms with van der Waals surface area (Å²) in [4.78, 5) is 29.9. The molecule has 8 heteroatoms. The summed E-state index contributed by atoms with van der Waals surface area (Å²) in [5.74, 6) is -0.572. The molecule has 0 spiro atoms. The number of aromatic nitrogens is 1. The molecule has 1 aliphatic rings. The zero-order chi connectivity index (χ0) is 24.9. The van der Waals surface area contributed by atoms with Crippen LogP contribution in [0, 0.1) is 5.82 Å². The lowest BCUT2D eigenvalue weighted by atomic mass is 9.90. The molecule has 6 nitrogen and oxygen atoms in total. The standard InChI is InChI=1S/C28H26FN3O3S/c29-23-10-3-4-11-25(23)35-16-26-32-24(17-36-26)28(34)31-20-14-12-19(13-15-20)30-27(33)22-9-5-7-18-6-1-2-8-21(18)22/h1-11,17,19-20H,12-16H2,(H,30,33)(H,31,34). The monoisotopic (exact) mass is 503 g/mol. The predicted octanol–water partition coefficient (Wildman–Crippen LogP) is 5.49. The molecule has 2 N–H and O–H groups in total. The third kappa shape index (κ3) is 5.54. The lowest BCUT2D eigenvalue weighted by Gasteiger charge is -2.29. The second-order valence-electron chi connectivity index (χ2n) is 8.87. The van der Waals surface area contributed by atoms with Gasteiger partial charge in [0.15, 0.2) is 11.6 Å². The summed E-state index contributed by atoms with van der Waals surface area (Å²) in [5, 5.41) is 10.5. The molecule has 0 aliphatic heterocycles. The SMILES string of the molecule is O=C(NC1CCC(NC(=O)c2cccc3ccccc23)CC1)c1csc(COc2ccccc2F)n1. The predicted molar refractivity (Wildman–Crippen MR) is 138 cm³/mol. The van der Waals surface area contributed by atoms with Crippen molar-refractivity contribution in [1.82, 2.24) is 15.6 Å². The molecule has 0 saturated heterocycles. The summed E-state index contributed by atoms with van der Waals surface area (Å²) in [6.07, 6.45) is 3.14. The number of benzene rings is 3. The van der Waals surface area contributed by atoms with Crippen LogP contribution in [0.15, 0.2) is 72.1 Å². The molecule has 0 unspecified atom stereocenters. The molecule has 1 aromatic heterocycles. The van der Waals surface area contributed by atoms with Gasteiger partial charge in [0.1, 0.15) is 17.3 Å². The number of fused-ring (bicyclic) bond motifs is 1. The van der Waals surface area contributed by atoms with Crippen LogP contribution in [-0.4, -0.2) is 28.9 Å². The maximum absolute atomic E-state index is 13.7. The van der Waals surface area contributed by atoms with Gasteiger partial charge in [-0.3, -0.25) is 9.59 Å². The van der Waals surface area contributed by atoms with Crippen LogP contribution in [0.2, 0.25) is 0 Å². The Balaban J connectivity index is 1.10. The summed E-state index contributed by atoms with van der Waals surface area (Å²) in [7, 11) is 0. The Labute approximate surface area is 212 Å². The minimum absolute atomic E-state index is 0.0306. The minimum Gasteiger partial charge on any atom is -0.483 e. The number of carbonyl (C=O) groups excluding carboxylic acids is 2. The molecule has 5 rings (SSSR count). The van der Waals surface area contributed by atoms with Crippen molar-refractivity contribution in [2.75, 3.05) is 0 Å². The van der Waals surface area contributed by atoms with Gasteiger partial charge >= 0.3 is 0 Å². The van der Waals surface area contributed by atoms with Crippen molar-refractivity contribution in [2.45, 2.75) is 44.4 Å². The number of carbonyl (C=O) groups is 2. The maximum atomic E-state index is 13.7. The van der Waals surface area contributed by atoms with Crippen molar-refractivity contribution in [3.8, 4) is 5.75 Å². The van der Waals surface area contributed by atoms with E-state index in [9.17, 15) is 14.0 Å². The molecule has 4 aromatic rings. The molecule has 0 atom stereocenters. The first-order valence-electron chi connectivity index (χ1n) is 12.0. The van der Waals surface area contributed by atoms with E-state index in [0.717, 1.165) is 36.5 Å². The Morgan fingerprint density at radius 3 is 2.33 bits per heavy atom. The van der Waals surface area contributed by atoms with Crippen LogP contribution in [0.4, 0.5) is 4.39 Å². The number of nitrogens with one attached hydrogen (secondary N) is 2. The number of halogens is 1. The maximum Gasteiger partial charge on any atom is 0.270 e. The molecule has 1 saturated carbocycles. The molecule has 2 amide bonds. The number of nitrogens with zero attached hydrogens (tertiary/aromatic N) is 1. The van der Waals surface area contributed by atoms with E-state index in [2.05, 4.69) is 15.6 Å². The third-order valence-corrected chi connectivity index (χ3v) is 7.23. The Morgan fingerprint density at radius 2 is 1.56 bits per heavy atom. The topological polar surface area (TPSA) is 80.3 Å². The van der Waals surface area contributed by atoms with Crippen LogP contribution in [0.25, 0.3) is 10.8 Å². The highest BCUT2D eigenvalue weighted by atomic mass is 32.1. The lowest BCUT2D eigenvalue weighted by Crippen LogP contribution is -2.43. The van der Waals surface area contributed by atoms with E-state index in [1.54, 1.807) is 23.6 Å². The van der Waals surface area contributed by atoms with Gasteiger partial charge in [-0.25, -0.2) is 9.37 Å². The number of amides is 2. The van der Waals surface area contributed by atoms with Crippen molar-refractivity contribution in [3.05, 3.63) is 94.2 Å². The van der Waals surface area contributed by atoms with E-state index < -0.39 is 5.82 Å². The summed E-state index contributed by atoms with van der Waals surface area (Å²) in [5.41, 5.74) is 1.01. The highest BCUT2D eigenvalue weighted by Crippen LogP contribution is 2.23. The fourth-order valence-electron chi connectivity index (χ4n) is 4.51. The smallest absolute Gasteiger partial charge is 0.270 e. The first kappa shape index (κ1) is 23.9. The second-order valence-corrected chi connectivity index (χ2v) is 9.81. The second kappa shape index (κ2) is 10.9. The third-order valence-electron chi connectivity index (χ3n) is 6.40. The number of para-hydroxylation sites is 1. The number of hydrogen-bond donors (Lipinski definition) is 2. The van der Waals surface area contributed by atoms with Gasteiger partial charge in [0.2, 0.25) is 0 Å². The van der Waals surface area contributed by atoms with Gasteiger partial charge in [-0.1, -0.05) is 48.5 Å². The zero-order valence-electron chi connectivity index (χ0n) is 19.6. The van der Waals surface area contributed by atoms with Crippen LogP contribution < -0.4 is 15.4 Å². The van der Waals surface area contributed by atoms with Gasteiger partial charge < -0.3 is 15.4 Å². The van der Waals surface area contributed by atoms with Gasteiger partial charge in [-0.15, -0.1) is 11.3 Å². The van der Waals surface area contributed by atoms with Crippen molar-refractivity contribution in [3.63, 3.8) is 0 Å². The molecule has 1 heterocycles. The largest absolute Gasteiger partial charge is 0.483 e. The van der Waals surface area contributed by atoms with Gasteiger partial charge in [-0.05, 0) is 54.7 Å². The number of thiazole rings is 1. The van der Waals surface area contributed by atoms with E-state index in [0.29, 0.717) is 16.3 Å². The van der Waals surface area contributed by atoms with Crippen molar-refractivity contribution in [1.29, 1.82) is 0 Å². The fourth-order valence-corrected chi connectivity index (χ4v) is 5.20. The Morgan fingerprint density at radius 1 is 0.889 bits per heavy atom.